The van der Waals surface area contributed by atoms with Crippen LogP contribution in [-0.4, -0.2) is 64.4 Å². The number of fused-ring (bicyclic) bond motifs is 1. The summed E-state index contributed by atoms with van der Waals surface area (Å²) in [6, 6.07) is 0. The summed E-state index contributed by atoms with van der Waals surface area (Å²) in [6.45, 7) is 0.975. The number of nitrogens with two attached hydrogens (primary N) is 2. The molecular formula is C11H17N6O7P. The highest BCUT2D eigenvalue weighted by atomic mass is 31.2. The van der Waals surface area contributed by atoms with Gasteiger partial charge in [-0.05, 0) is 6.92 Å². The van der Waals surface area contributed by atoms with E-state index in [-0.39, 0.29) is 22.9 Å². The highest BCUT2D eigenvalue weighted by molar-refractivity contribution is 7.46. The van der Waals surface area contributed by atoms with Gasteiger partial charge in [0, 0.05) is 0 Å². The Hall–Kier alpha value is -1.86. The predicted molar refractivity (Wildman–Crippen MR) is 82.8 cm³/mol. The summed E-state index contributed by atoms with van der Waals surface area (Å²) in [5, 5.41) is 20.3. The molecule has 3 heterocycles. The van der Waals surface area contributed by atoms with Crippen LogP contribution in [0.3, 0.4) is 0 Å². The van der Waals surface area contributed by atoms with Gasteiger partial charge in [-0.1, -0.05) is 0 Å². The van der Waals surface area contributed by atoms with Crippen LogP contribution < -0.4 is 11.5 Å². The molecule has 0 bridgehead atoms. The van der Waals surface area contributed by atoms with Gasteiger partial charge in [-0.3, -0.25) is 9.09 Å². The third kappa shape index (κ3) is 3.30. The zero-order valence-electron chi connectivity index (χ0n) is 12.9. The Balaban J connectivity index is 1.95. The zero-order valence-corrected chi connectivity index (χ0v) is 13.8. The lowest BCUT2D eigenvalue weighted by Gasteiger charge is -2.18. The third-order valence-corrected chi connectivity index (χ3v) is 4.24. The van der Waals surface area contributed by atoms with Crippen molar-refractivity contribution >= 4 is 30.8 Å². The first-order valence-electron chi connectivity index (χ1n) is 7.07. The average Bonchev–Trinajstić information content (AvgIpc) is 2.95. The van der Waals surface area contributed by atoms with Crippen molar-refractivity contribution in [3.8, 4) is 0 Å². The molecule has 1 fully saturated rings. The number of aryl methyl sites for hydroxylation is 1. The Morgan fingerprint density at radius 3 is 2.56 bits per heavy atom. The van der Waals surface area contributed by atoms with E-state index in [9.17, 15) is 14.8 Å². The molecule has 8 N–H and O–H groups in total. The van der Waals surface area contributed by atoms with Gasteiger partial charge < -0.3 is 36.2 Å². The molecule has 0 spiro atoms. The molecule has 0 unspecified atom stereocenters. The Bertz CT molecular complexity index is 853. The molecule has 0 radical (unpaired) electrons. The van der Waals surface area contributed by atoms with Gasteiger partial charge in [0.2, 0.25) is 5.95 Å². The summed E-state index contributed by atoms with van der Waals surface area (Å²) >= 11 is 0. The van der Waals surface area contributed by atoms with E-state index in [1.54, 1.807) is 6.92 Å². The number of rotatable bonds is 4. The molecule has 13 nitrogen and oxygen atoms in total. The second kappa shape index (κ2) is 6.14. The van der Waals surface area contributed by atoms with Crippen molar-refractivity contribution in [3.63, 3.8) is 0 Å². The molecule has 14 heteroatoms. The number of imidazole rings is 1. The predicted octanol–water partition coefficient (Wildman–Crippen LogP) is -1.97. The minimum atomic E-state index is -4.75. The quantitative estimate of drug-likeness (QED) is 0.321. The molecule has 138 valence electrons. The number of phosphoric ester groups is 1. The smallest absolute Gasteiger partial charge is 0.387 e. The second-order valence-electron chi connectivity index (χ2n) is 5.50. The number of nitrogen functional groups attached to an aromatic ring is 2. The van der Waals surface area contributed by atoms with Crippen LogP contribution in [0.25, 0.3) is 11.2 Å². The number of phosphoric acid groups is 1. The summed E-state index contributed by atoms with van der Waals surface area (Å²) in [5.41, 5.74) is 11.8. The maximum absolute atomic E-state index is 10.8. The number of hydrogen-bond donors (Lipinski definition) is 6. The maximum Gasteiger partial charge on any atom is 0.469 e. The minimum absolute atomic E-state index is 0.0405. The van der Waals surface area contributed by atoms with Crippen molar-refractivity contribution < 1.29 is 33.8 Å². The summed E-state index contributed by atoms with van der Waals surface area (Å²) < 4.78 is 22.0. The molecule has 2 aromatic rings. The number of aliphatic hydroxyl groups excluding tert-OH is 2. The van der Waals surface area contributed by atoms with Gasteiger partial charge in [-0.2, -0.15) is 9.97 Å². The second-order valence-corrected chi connectivity index (χ2v) is 6.74. The first kappa shape index (κ1) is 17.9. The molecule has 0 saturated carbocycles. The monoisotopic (exact) mass is 376 g/mol. The Labute approximate surface area is 140 Å². The molecule has 0 amide bonds. The van der Waals surface area contributed by atoms with Crippen LogP contribution in [0.1, 0.15) is 12.1 Å². The van der Waals surface area contributed by atoms with E-state index in [1.807, 2.05) is 0 Å². The summed E-state index contributed by atoms with van der Waals surface area (Å²) in [5.74, 6) is 0.286. The van der Waals surface area contributed by atoms with Crippen molar-refractivity contribution in [1.82, 2.24) is 19.5 Å². The lowest BCUT2D eigenvalue weighted by atomic mass is 10.1. The summed E-state index contributed by atoms with van der Waals surface area (Å²) in [7, 11) is -4.75. The van der Waals surface area contributed by atoms with Gasteiger partial charge in [-0.15, -0.1) is 0 Å². The molecule has 0 aromatic carbocycles. The van der Waals surface area contributed by atoms with Crippen molar-refractivity contribution in [2.24, 2.45) is 0 Å². The molecule has 0 aliphatic carbocycles. The fourth-order valence-electron chi connectivity index (χ4n) is 2.68. The van der Waals surface area contributed by atoms with E-state index in [0.29, 0.717) is 5.82 Å². The molecule has 1 saturated heterocycles. The summed E-state index contributed by atoms with van der Waals surface area (Å²) in [6.07, 6.45) is -5.20. The molecule has 1 aliphatic rings. The minimum Gasteiger partial charge on any atom is -0.387 e. The van der Waals surface area contributed by atoms with E-state index in [0.717, 1.165) is 0 Å². The number of nitrogens with zero attached hydrogens (tertiary/aromatic N) is 4. The van der Waals surface area contributed by atoms with E-state index >= 15 is 0 Å². The van der Waals surface area contributed by atoms with Crippen molar-refractivity contribution in [1.29, 1.82) is 0 Å². The van der Waals surface area contributed by atoms with Crippen LogP contribution in [0, 0.1) is 6.92 Å². The van der Waals surface area contributed by atoms with Gasteiger partial charge in [0.25, 0.3) is 0 Å². The highest BCUT2D eigenvalue weighted by Crippen LogP contribution is 2.39. The molecule has 2 aromatic heterocycles. The zero-order chi connectivity index (χ0) is 18.5. The fraction of sp³-hybridized carbons (Fsp3) is 0.545. The fourth-order valence-corrected chi connectivity index (χ4v) is 3.02. The molecule has 4 atom stereocenters. The molecular weight excluding hydrogens is 359 g/mol. The number of ether oxygens (including phenoxy) is 1. The van der Waals surface area contributed by atoms with Crippen molar-refractivity contribution in [3.05, 3.63) is 5.82 Å². The third-order valence-electron chi connectivity index (χ3n) is 3.76. The molecule has 1 aliphatic heterocycles. The van der Waals surface area contributed by atoms with Gasteiger partial charge in [-0.25, -0.2) is 9.55 Å². The van der Waals surface area contributed by atoms with Crippen LogP contribution in [0.4, 0.5) is 11.8 Å². The lowest BCUT2D eigenvalue weighted by molar-refractivity contribution is -0.0512. The van der Waals surface area contributed by atoms with Gasteiger partial charge in [0.05, 0.1) is 6.61 Å². The molecule has 3 rings (SSSR count). The van der Waals surface area contributed by atoms with Crippen LogP contribution in [0.5, 0.6) is 0 Å². The van der Waals surface area contributed by atoms with Crippen LogP contribution in [0.2, 0.25) is 0 Å². The van der Waals surface area contributed by atoms with Crippen LogP contribution >= 0.6 is 7.82 Å². The van der Waals surface area contributed by atoms with Gasteiger partial charge in [0.15, 0.2) is 23.2 Å². The summed E-state index contributed by atoms with van der Waals surface area (Å²) in [4.78, 5) is 29.5. The van der Waals surface area contributed by atoms with E-state index in [4.69, 9.17) is 26.0 Å². The molecule has 25 heavy (non-hydrogen) atoms. The van der Waals surface area contributed by atoms with Crippen molar-refractivity contribution in [2.75, 3.05) is 18.1 Å². The average molecular weight is 376 g/mol. The lowest BCUT2D eigenvalue weighted by Crippen LogP contribution is -2.33. The Morgan fingerprint density at radius 2 is 1.92 bits per heavy atom. The van der Waals surface area contributed by atoms with Gasteiger partial charge in [0.1, 0.15) is 24.1 Å². The van der Waals surface area contributed by atoms with Crippen LogP contribution in [0.15, 0.2) is 0 Å². The first-order valence-corrected chi connectivity index (χ1v) is 8.60. The highest BCUT2D eigenvalue weighted by Gasteiger charge is 2.45. The number of aliphatic hydroxyl groups is 2. The van der Waals surface area contributed by atoms with Crippen LogP contribution in [-0.2, 0) is 13.8 Å². The first-order chi connectivity index (χ1) is 11.6. The largest absolute Gasteiger partial charge is 0.469 e. The van der Waals surface area contributed by atoms with Gasteiger partial charge >= 0.3 is 7.82 Å². The normalized spacial score (nSPS) is 27.2. The number of hydrogen-bond acceptors (Lipinski definition) is 10. The number of aromatic nitrogens is 4. The van der Waals surface area contributed by atoms with E-state index < -0.39 is 39.0 Å². The standard InChI is InChI=1S/C11H17N6O7P/c1-3-14-5-8(12)15-11(13)16-9(5)17(3)10-7(19)6(18)4(24-10)2-23-25(20,21)22/h4,6-7,10,18-19H,2H2,1H3,(H2,20,21,22)(H4,12,13,15,16)/t4-,6-,7-,10-/m1/s1. The Kier molecular flexibility index (Phi) is 4.41. The SMILES string of the molecule is Cc1nc2c(N)nc(N)nc2n1[C@@H]1O[C@H](COP(=O)(O)O)[C@@H](O)[C@H]1O. The maximum atomic E-state index is 10.8. The number of anilines is 2. The van der Waals surface area contributed by atoms with Crippen molar-refractivity contribution in [2.45, 2.75) is 31.5 Å². The topological polar surface area (TPSA) is 212 Å². The van der Waals surface area contributed by atoms with E-state index in [2.05, 4.69) is 19.5 Å². The van der Waals surface area contributed by atoms with E-state index in [1.165, 1.54) is 4.57 Å². The Morgan fingerprint density at radius 1 is 1.24 bits per heavy atom.